The third kappa shape index (κ3) is 7.13. The largest absolute Gasteiger partial charge is 0.498 e. The summed E-state index contributed by atoms with van der Waals surface area (Å²) < 4.78 is 9.57. The Kier molecular flexibility index (Phi) is 7.45. The van der Waals surface area contributed by atoms with Crippen molar-refractivity contribution >= 4 is 11.9 Å². The molecule has 2 N–H and O–H groups in total. The van der Waals surface area contributed by atoms with Crippen LogP contribution < -0.4 is 0 Å². The third-order valence-electron chi connectivity index (χ3n) is 1.73. The molecule has 0 aromatic heterocycles. The zero-order chi connectivity index (χ0) is 13.3. The van der Waals surface area contributed by atoms with Gasteiger partial charge in [-0.2, -0.15) is 0 Å². The molecule has 96 valence electrons. The quantitative estimate of drug-likeness (QED) is 0.293. The van der Waals surface area contributed by atoms with Crippen LogP contribution in [0.3, 0.4) is 0 Å². The minimum Gasteiger partial charge on any atom is -0.498 e. The summed E-state index contributed by atoms with van der Waals surface area (Å²) in [6.07, 6.45) is 2.48. The summed E-state index contributed by atoms with van der Waals surface area (Å²) in [6, 6.07) is 0. The van der Waals surface area contributed by atoms with E-state index in [9.17, 15) is 9.59 Å². The highest BCUT2D eigenvalue weighted by atomic mass is 16.5. The van der Waals surface area contributed by atoms with Crippen molar-refractivity contribution in [2.24, 2.45) is 0 Å². The predicted molar refractivity (Wildman–Crippen MR) is 59.1 cm³/mol. The van der Waals surface area contributed by atoms with E-state index in [-0.39, 0.29) is 31.0 Å². The molecule has 0 aliphatic carbocycles. The van der Waals surface area contributed by atoms with Crippen LogP contribution in [0.15, 0.2) is 23.5 Å². The highest BCUT2D eigenvalue weighted by molar-refractivity contribution is 5.88. The third-order valence-corrected chi connectivity index (χ3v) is 1.73. The zero-order valence-corrected chi connectivity index (χ0v) is 9.80. The van der Waals surface area contributed by atoms with Gasteiger partial charge in [-0.3, -0.25) is 0 Å². The van der Waals surface area contributed by atoms with Crippen molar-refractivity contribution in [1.29, 1.82) is 0 Å². The Bertz CT molecular complexity index is 329. The first-order valence-corrected chi connectivity index (χ1v) is 4.95. The molecule has 0 atom stereocenters. The normalized spacial score (nSPS) is 12.2. The molecule has 0 bridgehead atoms. The molecule has 6 heteroatoms. The molecule has 0 heterocycles. The van der Waals surface area contributed by atoms with Crippen LogP contribution in [0.1, 0.15) is 13.8 Å². The van der Waals surface area contributed by atoms with E-state index < -0.39 is 11.9 Å². The van der Waals surface area contributed by atoms with Gasteiger partial charge in [0.1, 0.15) is 13.2 Å². The van der Waals surface area contributed by atoms with Crippen molar-refractivity contribution in [3.05, 3.63) is 23.5 Å². The topological polar surface area (TPSA) is 93.1 Å². The first kappa shape index (κ1) is 15.2. The molecule has 0 saturated carbocycles. The number of aliphatic hydroxyl groups excluding tert-OH is 1. The van der Waals surface area contributed by atoms with E-state index in [2.05, 4.69) is 0 Å². The van der Waals surface area contributed by atoms with Crippen LogP contribution in [0.4, 0.5) is 0 Å². The molecule has 0 aromatic carbocycles. The fourth-order valence-corrected chi connectivity index (χ4v) is 0.728. The number of aliphatic carboxylic acids is 1. The lowest BCUT2D eigenvalue weighted by atomic mass is 10.3. The second kappa shape index (κ2) is 8.35. The summed E-state index contributed by atoms with van der Waals surface area (Å²) in [4.78, 5) is 21.7. The van der Waals surface area contributed by atoms with Gasteiger partial charge in [0.25, 0.3) is 0 Å². The van der Waals surface area contributed by atoms with Gasteiger partial charge in [-0.15, -0.1) is 0 Å². The number of carbonyl (C=O) groups excluding carboxylic acids is 1. The van der Waals surface area contributed by atoms with Crippen molar-refractivity contribution in [2.75, 3.05) is 19.8 Å². The van der Waals surface area contributed by atoms with Crippen LogP contribution in [-0.4, -0.2) is 42.0 Å². The number of ether oxygens (including phenoxy) is 2. The maximum atomic E-state index is 11.3. The van der Waals surface area contributed by atoms with Gasteiger partial charge in [-0.05, 0) is 19.9 Å². The van der Waals surface area contributed by atoms with Gasteiger partial charge in [-0.25, -0.2) is 9.59 Å². The number of hydrogen-bond acceptors (Lipinski definition) is 5. The molecule has 0 fully saturated rings. The molecule has 0 amide bonds. The van der Waals surface area contributed by atoms with Gasteiger partial charge in [0, 0.05) is 5.57 Å². The van der Waals surface area contributed by atoms with Gasteiger partial charge in [-0.1, -0.05) is 0 Å². The van der Waals surface area contributed by atoms with Crippen molar-refractivity contribution < 1.29 is 29.3 Å². The monoisotopic (exact) mass is 244 g/mol. The average molecular weight is 244 g/mol. The molecule has 0 aliphatic heterocycles. The molecule has 0 aliphatic rings. The number of esters is 1. The van der Waals surface area contributed by atoms with Crippen LogP contribution in [0.25, 0.3) is 0 Å². The SMILES string of the molecule is CC(=CCOC(=O)C(C)=COCCO)C(=O)O. The highest BCUT2D eigenvalue weighted by Gasteiger charge is 2.05. The van der Waals surface area contributed by atoms with E-state index in [0.717, 1.165) is 0 Å². The lowest BCUT2D eigenvalue weighted by Gasteiger charge is -2.03. The second-order valence-corrected chi connectivity index (χ2v) is 3.19. The molecule has 0 rings (SSSR count). The fourth-order valence-electron chi connectivity index (χ4n) is 0.728. The van der Waals surface area contributed by atoms with Crippen molar-refractivity contribution in [3.63, 3.8) is 0 Å². The summed E-state index contributed by atoms with van der Waals surface area (Å²) >= 11 is 0. The first-order valence-electron chi connectivity index (χ1n) is 4.95. The Morgan fingerprint density at radius 1 is 1.24 bits per heavy atom. The Morgan fingerprint density at radius 3 is 2.41 bits per heavy atom. The molecule has 0 aromatic rings. The van der Waals surface area contributed by atoms with Gasteiger partial charge in [0.15, 0.2) is 0 Å². The number of aliphatic hydroxyl groups is 1. The Labute approximate surface area is 99.1 Å². The van der Waals surface area contributed by atoms with Gasteiger partial charge < -0.3 is 19.7 Å². The lowest BCUT2D eigenvalue weighted by molar-refractivity contribution is -0.138. The smallest absolute Gasteiger partial charge is 0.337 e. The highest BCUT2D eigenvalue weighted by Crippen LogP contribution is 1.99. The molecular weight excluding hydrogens is 228 g/mol. The maximum absolute atomic E-state index is 11.3. The summed E-state index contributed by atoms with van der Waals surface area (Å²) in [5, 5.41) is 17.0. The molecular formula is C11H16O6. The summed E-state index contributed by atoms with van der Waals surface area (Å²) in [5.41, 5.74) is 0.343. The summed E-state index contributed by atoms with van der Waals surface area (Å²) in [6.45, 7) is 2.75. The molecule has 0 saturated heterocycles. The van der Waals surface area contributed by atoms with Crippen LogP contribution in [0.2, 0.25) is 0 Å². The number of carbonyl (C=O) groups is 2. The maximum Gasteiger partial charge on any atom is 0.337 e. The van der Waals surface area contributed by atoms with E-state index in [4.69, 9.17) is 19.7 Å². The van der Waals surface area contributed by atoms with E-state index >= 15 is 0 Å². The number of rotatable bonds is 7. The van der Waals surface area contributed by atoms with Crippen LogP contribution in [-0.2, 0) is 19.1 Å². The van der Waals surface area contributed by atoms with E-state index in [0.29, 0.717) is 0 Å². The summed E-state index contributed by atoms with van der Waals surface area (Å²) in [7, 11) is 0. The van der Waals surface area contributed by atoms with E-state index in [1.807, 2.05) is 0 Å². The average Bonchev–Trinajstić information content (AvgIpc) is 2.28. The van der Waals surface area contributed by atoms with Crippen molar-refractivity contribution in [3.8, 4) is 0 Å². The Morgan fingerprint density at radius 2 is 1.88 bits per heavy atom. The predicted octanol–water partition coefficient (Wildman–Crippen LogP) is 0.473. The second-order valence-electron chi connectivity index (χ2n) is 3.19. The van der Waals surface area contributed by atoms with Crippen LogP contribution >= 0.6 is 0 Å². The Hall–Kier alpha value is -1.82. The van der Waals surface area contributed by atoms with Crippen LogP contribution in [0.5, 0.6) is 0 Å². The first-order chi connectivity index (χ1) is 7.99. The minimum absolute atomic E-state index is 0.0998. The standard InChI is InChI=1S/C11H16O6/c1-8(10(13)14)3-5-17-11(15)9(2)7-16-6-4-12/h3,7,12H,4-6H2,1-2H3,(H,13,14). The minimum atomic E-state index is -1.06. The van der Waals surface area contributed by atoms with Gasteiger partial charge >= 0.3 is 11.9 Å². The molecule has 0 spiro atoms. The Balaban J connectivity index is 4.06. The van der Waals surface area contributed by atoms with E-state index in [1.165, 1.54) is 26.2 Å². The molecule has 17 heavy (non-hydrogen) atoms. The number of hydrogen-bond donors (Lipinski definition) is 2. The number of carboxylic acids is 1. The molecule has 0 radical (unpaired) electrons. The van der Waals surface area contributed by atoms with Crippen molar-refractivity contribution in [1.82, 2.24) is 0 Å². The van der Waals surface area contributed by atoms with E-state index in [1.54, 1.807) is 0 Å². The molecule has 0 unspecified atom stereocenters. The fraction of sp³-hybridized carbons (Fsp3) is 0.455. The van der Waals surface area contributed by atoms with Crippen molar-refractivity contribution in [2.45, 2.75) is 13.8 Å². The summed E-state index contributed by atoms with van der Waals surface area (Å²) in [5.74, 6) is -1.66. The van der Waals surface area contributed by atoms with Gasteiger partial charge in [0.05, 0.1) is 18.4 Å². The van der Waals surface area contributed by atoms with Crippen LogP contribution in [0, 0.1) is 0 Å². The zero-order valence-electron chi connectivity index (χ0n) is 9.80. The molecule has 6 nitrogen and oxygen atoms in total. The number of carboxylic acid groups (broad SMARTS) is 1. The lowest BCUT2D eigenvalue weighted by Crippen LogP contribution is -2.08. The van der Waals surface area contributed by atoms with Gasteiger partial charge in [0.2, 0.25) is 0 Å².